The molecule has 0 saturated heterocycles. The standard InChI is InChI=1S/C12H23NO4/c1-12(15,6-7-16-2)8-13-10(9-4-5-9)11(14)17-3/h9-10,13,15H,4-8H2,1-3H3. The van der Waals surface area contributed by atoms with Crippen LogP contribution < -0.4 is 5.32 Å². The summed E-state index contributed by atoms with van der Waals surface area (Å²) in [6.07, 6.45) is 2.63. The fourth-order valence-corrected chi connectivity index (χ4v) is 1.74. The fraction of sp³-hybridized carbons (Fsp3) is 0.917. The lowest BCUT2D eigenvalue weighted by Crippen LogP contribution is -2.47. The summed E-state index contributed by atoms with van der Waals surface area (Å²) in [4.78, 5) is 11.5. The van der Waals surface area contributed by atoms with Crippen LogP contribution in [0.2, 0.25) is 0 Å². The van der Waals surface area contributed by atoms with Crippen molar-refractivity contribution in [2.45, 2.75) is 37.8 Å². The fourth-order valence-electron chi connectivity index (χ4n) is 1.74. The third-order valence-corrected chi connectivity index (χ3v) is 3.10. The van der Waals surface area contributed by atoms with E-state index in [0.29, 0.717) is 25.5 Å². The lowest BCUT2D eigenvalue weighted by molar-refractivity contribution is -0.144. The first-order chi connectivity index (χ1) is 8.00. The Labute approximate surface area is 102 Å². The summed E-state index contributed by atoms with van der Waals surface area (Å²) >= 11 is 0. The molecular formula is C12H23NO4. The molecule has 0 aromatic rings. The summed E-state index contributed by atoms with van der Waals surface area (Å²) < 4.78 is 9.69. The van der Waals surface area contributed by atoms with Crippen LogP contribution in [0.3, 0.4) is 0 Å². The van der Waals surface area contributed by atoms with Gasteiger partial charge in [0.2, 0.25) is 0 Å². The van der Waals surface area contributed by atoms with E-state index >= 15 is 0 Å². The van der Waals surface area contributed by atoms with Gasteiger partial charge in [-0.1, -0.05) is 0 Å². The molecule has 0 bridgehead atoms. The highest BCUT2D eigenvalue weighted by Gasteiger charge is 2.37. The van der Waals surface area contributed by atoms with Gasteiger partial charge < -0.3 is 19.9 Å². The van der Waals surface area contributed by atoms with E-state index in [1.54, 1.807) is 14.0 Å². The highest BCUT2D eigenvalue weighted by molar-refractivity contribution is 5.76. The Morgan fingerprint density at radius 1 is 1.53 bits per heavy atom. The molecule has 0 aliphatic heterocycles. The van der Waals surface area contributed by atoms with E-state index in [2.05, 4.69) is 5.32 Å². The summed E-state index contributed by atoms with van der Waals surface area (Å²) in [5.41, 5.74) is -0.864. The second kappa shape index (κ2) is 6.33. The van der Waals surface area contributed by atoms with Crippen molar-refractivity contribution in [2.24, 2.45) is 5.92 Å². The Morgan fingerprint density at radius 2 is 2.18 bits per heavy atom. The van der Waals surface area contributed by atoms with Crippen LogP contribution >= 0.6 is 0 Å². The molecule has 1 rings (SSSR count). The number of hydrogen-bond donors (Lipinski definition) is 2. The van der Waals surface area contributed by atoms with Crippen molar-refractivity contribution in [1.82, 2.24) is 5.32 Å². The molecule has 0 radical (unpaired) electrons. The maximum Gasteiger partial charge on any atom is 0.323 e. The molecule has 0 amide bonds. The second-order valence-corrected chi connectivity index (χ2v) is 4.96. The van der Waals surface area contributed by atoms with Crippen LogP contribution in [0.1, 0.15) is 26.2 Å². The molecule has 1 saturated carbocycles. The number of ether oxygens (including phenoxy) is 2. The number of nitrogens with one attached hydrogen (secondary N) is 1. The SMILES string of the molecule is COCCC(C)(O)CNC(C(=O)OC)C1CC1. The van der Waals surface area contributed by atoms with Gasteiger partial charge in [0.1, 0.15) is 6.04 Å². The number of methoxy groups -OCH3 is 2. The number of esters is 1. The summed E-state index contributed by atoms with van der Waals surface area (Å²) in [7, 11) is 2.99. The first kappa shape index (κ1) is 14.4. The Balaban J connectivity index is 2.37. The normalized spacial score (nSPS) is 20.7. The van der Waals surface area contributed by atoms with Gasteiger partial charge in [-0.3, -0.25) is 4.79 Å². The molecule has 5 nitrogen and oxygen atoms in total. The predicted octanol–water partition coefficient (Wildman–Crippen LogP) is 0.315. The molecule has 5 heteroatoms. The van der Waals surface area contributed by atoms with Crippen molar-refractivity contribution in [2.75, 3.05) is 27.4 Å². The molecule has 1 aliphatic carbocycles. The molecule has 2 unspecified atom stereocenters. The van der Waals surface area contributed by atoms with Gasteiger partial charge in [0.15, 0.2) is 0 Å². The molecule has 0 spiro atoms. The van der Waals surface area contributed by atoms with E-state index < -0.39 is 5.60 Å². The Kier molecular flexibility index (Phi) is 5.36. The first-order valence-corrected chi connectivity index (χ1v) is 6.02. The van der Waals surface area contributed by atoms with E-state index in [4.69, 9.17) is 9.47 Å². The van der Waals surface area contributed by atoms with Gasteiger partial charge in [0.25, 0.3) is 0 Å². The van der Waals surface area contributed by atoms with Crippen molar-refractivity contribution in [3.63, 3.8) is 0 Å². The van der Waals surface area contributed by atoms with Crippen molar-refractivity contribution in [1.29, 1.82) is 0 Å². The highest BCUT2D eigenvalue weighted by Crippen LogP contribution is 2.33. The van der Waals surface area contributed by atoms with E-state index in [1.807, 2.05) is 0 Å². The monoisotopic (exact) mass is 245 g/mol. The second-order valence-electron chi connectivity index (χ2n) is 4.96. The molecule has 0 aromatic carbocycles. The summed E-state index contributed by atoms with van der Waals surface area (Å²) in [6.45, 7) is 2.61. The Hall–Kier alpha value is -0.650. The minimum absolute atomic E-state index is 0.241. The van der Waals surface area contributed by atoms with Gasteiger partial charge in [-0.15, -0.1) is 0 Å². The van der Waals surface area contributed by atoms with Gasteiger partial charge >= 0.3 is 5.97 Å². The van der Waals surface area contributed by atoms with E-state index in [9.17, 15) is 9.90 Å². The van der Waals surface area contributed by atoms with Crippen LogP contribution in [0.25, 0.3) is 0 Å². The zero-order valence-corrected chi connectivity index (χ0v) is 10.9. The lowest BCUT2D eigenvalue weighted by Gasteiger charge is -2.26. The van der Waals surface area contributed by atoms with E-state index in [1.165, 1.54) is 7.11 Å². The number of carbonyl (C=O) groups excluding carboxylic acids is 1. The maximum absolute atomic E-state index is 11.5. The molecule has 17 heavy (non-hydrogen) atoms. The van der Waals surface area contributed by atoms with Gasteiger partial charge in [-0.2, -0.15) is 0 Å². The lowest BCUT2D eigenvalue weighted by atomic mass is 10.0. The van der Waals surface area contributed by atoms with Crippen molar-refractivity contribution < 1.29 is 19.4 Å². The van der Waals surface area contributed by atoms with Crippen LogP contribution in [0.4, 0.5) is 0 Å². The molecule has 2 N–H and O–H groups in total. The summed E-state index contributed by atoms with van der Waals surface area (Å²) in [5, 5.41) is 13.2. The molecule has 1 aliphatic rings. The van der Waals surface area contributed by atoms with Crippen LogP contribution in [0.15, 0.2) is 0 Å². The number of carbonyl (C=O) groups is 1. The van der Waals surface area contributed by atoms with Crippen molar-refractivity contribution >= 4 is 5.97 Å². The number of rotatable bonds is 8. The Morgan fingerprint density at radius 3 is 2.65 bits per heavy atom. The number of aliphatic hydroxyl groups is 1. The van der Waals surface area contributed by atoms with Crippen LogP contribution in [-0.2, 0) is 14.3 Å². The van der Waals surface area contributed by atoms with Gasteiger partial charge in [-0.25, -0.2) is 0 Å². The molecular weight excluding hydrogens is 222 g/mol. The third kappa shape index (κ3) is 5.02. The van der Waals surface area contributed by atoms with Gasteiger partial charge in [0.05, 0.1) is 12.7 Å². The molecule has 1 fully saturated rings. The molecule has 0 heterocycles. The number of hydrogen-bond acceptors (Lipinski definition) is 5. The molecule has 2 atom stereocenters. The van der Waals surface area contributed by atoms with Crippen molar-refractivity contribution in [3.05, 3.63) is 0 Å². The van der Waals surface area contributed by atoms with Crippen LogP contribution in [0, 0.1) is 5.92 Å². The van der Waals surface area contributed by atoms with Crippen molar-refractivity contribution in [3.8, 4) is 0 Å². The average Bonchev–Trinajstić information content (AvgIpc) is 3.10. The van der Waals surface area contributed by atoms with Crippen LogP contribution in [0.5, 0.6) is 0 Å². The van der Waals surface area contributed by atoms with Gasteiger partial charge in [0, 0.05) is 26.7 Å². The minimum Gasteiger partial charge on any atom is -0.468 e. The predicted molar refractivity (Wildman–Crippen MR) is 63.6 cm³/mol. The zero-order chi connectivity index (χ0) is 12.9. The van der Waals surface area contributed by atoms with E-state index in [0.717, 1.165) is 12.8 Å². The van der Waals surface area contributed by atoms with E-state index in [-0.39, 0.29) is 12.0 Å². The maximum atomic E-state index is 11.5. The molecule has 100 valence electrons. The largest absolute Gasteiger partial charge is 0.468 e. The van der Waals surface area contributed by atoms with Crippen LogP contribution in [-0.4, -0.2) is 50.1 Å². The Bertz CT molecular complexity index is 251. The zero-order valence-electron chi connectivity index (χ0n) is 10.9. The summed E-state index contributed by atoms with van der Waals surface area (Å²) in [6, 6.07) is -0.283. The quantitative estimate of drug-likeness (QED) is 0.603. The topological polar surface area (TPSA) is 67.8 Å². The minimum atomic E-state index is -0.864. The smallest absolute Gasteiger partial charge is 0.323 e. The molecule has 0 aromatic heterocycles. The highest BCUT2D eigenvalue weighted by atomic mass is 16.5. The first-order valence-electron chi connectivity index (χ1n) is 6.02. The average molecular weight is 245 g/mol. The third-order valence-electron chi connectivity index (χ3n) is 3.10. The van der Waals surface area contributed by atoms with Gasteiger partial charge in [-0.05, 0) is 25.7 Å². The summed E-state index contributed by atoms with van der Waals surface area (Å²) in [5.74, 6) is 0.121.